The number of unbranched alkanes of at least 4 members (excludes halogenated alkanes) is 22. The van der Waals surface area contributed by atoms with Crippen LogP contribution in [0.2, 0.25) is 0 Å². The maximum atomic E-state index is 12.8. The van der Waals surface area contributed by atoms with Gasteiger partial charge in [0, 0.05) is 19.3 Å². The molecule has 0 amide bonds. The van der Waals surface area contributed by atoms with Crippen molar-refractivity contribution < 1.29 is 38.2 Å². The molecule has 0 bridgehead atoms. The van der Waals surface area contributed by atoms with E-state index in [1.54, 1.807) is 21.1 Å². The molecule has 2 unspecified atom stereocenters. The van der Waals surface area contributed by atoms with Gasteiger partial charge in [-0.05, 0) is 70.6 Å². The third-order valence-corrected chi connectivity index (χ3v) is 10.9. The van der Waals surface area contributed by atoms with E-state index in [-0.39, 0.29) is 42.7 Å². The van der Waals surface area contributed by atoms with Crippen LogP contribution in [0.1, 0.15) is 213 Å². The van der Waals surface area contributed by atoms with Crippen molar-refractivity contribution in [2.24, 2.45) is 0 Å². The van der Waals surface area contributed by atoms with Crippen LogP contribution < -0.4 is 5.11 Å². The second-order valence-corrected chi connectivity index (χ2v) is 17.7. The Balaban J connectivity index is 4.28. The van der Waals surface area contributed by atoms with Gasteiger partial charge in [-0.1, -0.05) is 172 Å². The maximum Gasteiger partial charge on any atom is 0.306 e. The van der Waals surface area contributed by atoms with Gasteiger partial charge in [-0.15, -0.1) is 0 Å². The number of hydrogen-bond donors (Lipinski definition) is 0. The number of esters is 2. The van der Waals surface area contributed by atoms with E-state index in [2.05, 4.69) is 62.5 Å². The van der Waals surface area contributed by atoms with Crippen molar-refractivity contribution in [1.82, 2.24) is 0 Å². The molecule has 0 spiro atoms. The summed E-state index contributed by atoms with van der Waals surface area (Å²) >= 11 is 0. The zero-order valence-electron chi connectivity index (χ0n) is 39.6. The third-order valence-electron chi connectivity index (χ3n) is 10.9. The summed E-state index contributed by atoms with van der Waals surface area (Å²) in [5.74, 6) is -1.75. The van der Waals surface area contributed by atoms with Crippen LogP contribution in [0.25, 0.3) is 0 Å². The molecule has 0 saturated heterocycles. The Morgan fingerprint density at radius 3 is 1.40 bits per heavy atom. The molecule has 0 aliphatic rings. The van der Waals surface area contributed by atoms with E-state index in [1.165, 1.54) is 109 Å². The molecule has 0 aromatic rings. The van der Waals surface area contributed by atoms with E-state index in [4.69, 9.17) is 14.2 Å². The summed E-state index contributed by atoms with van der Waals surface area (Å²) in [6.07, 6.45) is 51.3. The Morgan fingerprint density at radius 1 is 0.517 bits per heavy atom. The van der Waals surface area contributed by atoms with Gasteiger partial charge in [0.2, 0.25) is 0 Å². The van der Waals surface area contributed by atoms with Crippen LogP contribution >= 0.6 is 0 Å². The summed E-state index contributed by atoms with van der Waals surface area (Å²) in [6, 6.07) is -0.728. The molecule has 0 rings (SSSR count). The van der Waals surface area contributed by atoms with Crippen LogP contribution in [-0.4, -0.2) is 75.5 Å². The highest BCUT2D eigenvalue weighted by Gasteiger charge is 2.25. The Labute approximate surface area is 369 Å². The van der Waals surface area contributed by atoms with Crippen molar-refractivity contribution >= 4 is 17.9 Å². The second kappa shape index (κ2) is 43.0. The Morgan fingerprint density at radius 2 is 0.933 bits per heavy atom. The summed E-state index contributed by atoms with van der Waals surface area (Å²) in [4.78, 5) is 37.0. The van der Waals surface area contributed by atoms with E-state index in [1.807, 2.05) is 0 Å². The highest BCUT2D eigenvalue weighted by Crippen LogP contribution is 2.15. The first kappa shape index (κ1) is 57.3. The lowest BCUT2D eigenvalue weighted by Crippen LogP contribution is -2.55. The molecule has 0 heterocycles. The van der Waals surface area contributed by atoms with Crippen LogP contribution in [-0.2, 0) is 28.6 Å². The average Bonchev–Trinajstić information content (AvgIpc) is 3.21. The first-order valence-corrected chi connectivity index (χ1v) is 24.7. The van der Waals surface area contributed by atoms with Crippen molar-refractivity contribution in [2.75, 3.05) is 41.0 Å². The molecule has 0 aromatic carbocycles. The minimum Gasteiger partial charge on any atom is -0.544 e. The molecule has 0 radical (unpaired) electrons. The molecule has 0 aromatic heterocycles. The van der Waals surface area contributed by atoms with E-state index in [9.17, 15) is 19.5 Å². The lowest BCUT2D eigenvalue weighted by Gasteiger charge is -2.34. The molecule has 0 aliphatic heterocycles. The smallest absolute Gasteiger partial charge is 0.306 e. The van der Waals surface area contributed by atoms with Crippen molar-refractivity contribution in [3.05, 3.63) is 48.6 Å². The average molecular weight is 844 g/mol. The number of hydrogen-bond acceptors (Lipinski definition) is 7. The van der Waals surface area contributed by atoms with Crippen LogP contribution in [0.3, 0.4) is 0 Å². The van der Waals surface area contributed by atoms with Gasteiger partial charge in [0.15, 0.2) is 6.10 Å². The first-order valence-electron chi connectivity index (χ1n) is 24.7. The number of carboxylic acids is 1. The van der Waals surface area contributed by atoms with Gasteiger partial charge < -0.3 is 28.6 Å². The number of carbonyl (C=O) groups excluding carboxylic acids is 3. The van der Waals surface area contributed by atoms with Crippen molar-refractivity contribution in [3.8, 4) is 0 Å². The van der Waals surface area contributed by atoms with E-state index >= 15 is 0 Å². The number of allylic oxidation sites excluding steroid dienone is 8. The second-order valence-electron chi connectivity index (χ2n) is 17.7. The number of carboxylic acid groups (broad SMARTS) is 1. The molecule has 348 valence electrons. The standard InChI is InChI=1S/C52H93NO7/c1-6-8-10-12-14-16-18-20-22-24-25-26-27-29-31-33-35-37-39-41-43-51(55)60-48(46-58-45-44-49(52(56)57)53(3,4)5)47-59-50(54)42-40-38-36-34-32-30-28-23-21-19-17-15-13-11-9-7-2/h8,10,14,16,20,22-23,28,48-49H,6-7,9,11-13,15,17-19,21,24-27,29-47H2,1-5H3/b10-8+,16-14+,22-20+,28-23+. The monoisotopic (exact) mass is 844 g/mol. The third kappa shape index (κ3) is 40.7. The number of aliphatic carboxylic acids is 1. The molecule has 0 saturated carbocycles. The van der Waals surface area contributed by atoms with Gasteiger partial charge in [-0.25, -0.2) is 0 Å². The van der Waals surface area contributed by atoms with E-state index < -0.39 is 18.1 Å². The number of ether oxygens (including phenoxy) is 3. The molecule has 0 fully saturated rings. The molecule has 8 nitrogen and oxygen atoms in total. The van der Waals surface area contributed by atoms with Crippen molar-refractivity contribution in [2.45, 2.75) is 225 Å². The normalized spacial score (nSPS) is 13.3. The quantitative estimate of drug-likeness (QED) is 0.0260. The molecule has 2 atom stereocenters. The van der Waals surface area contributed by atoms with Crippen molar-refractivity contribution in [1.29, 1.82) is 0 Å². The highest BCUT2D eigenvalue weighted by molar-refractivity contribution is 5.70. The largest absolute Gasteiger partial charge is 0.544 e. The molecule has 0 aliphatic carbocycles. The number of nitrogens with zero attached hydrogens (tertiary/aromatic N) is 1. The topological polar surface area (TPSA) is 102 Å². The highest BCUT2D eigenvalue weighted by atomic mass is 16.6. The first-order chi connectivity index (χ1) is 29.1. The predicted molar refractivity (Wildman–Crippen MR) is 250 cm³/mol. The predicted octanol–water partition coefficient (Wildman–Crippen LogP) is 12.6. The lowest BCUT2D eigenvalue weighted by atomic mass is 10.0. The number of carbonyl (C=O) groups is 3. The zero-order valence-corrected chi connectivity index (χ0v) is 39.6. The van der Waals surface area contributed by atoms with E-state index in [0.29, 0.717) is 12.8 Å². The summed E-state index contributed by atoms with van der Waals surface area (Å²) in [7, 11) is 5.41. The minimum atomic E-state index is -1.13. The van der Waals surface area contributed by atoms with Gasteiger partial charge >= 0.3 is 11.9 Å². The van der Waals surface area contributed by atoms with Gasteiger partial charge in [0.25, 0.3) is 0 Å². The van der Waals surface area contributed by atoms with Gasteiger partial charge in [-0.2, -0.15) is 0 Å². The molecular weight excluding hydrogens is 751 g/mol. The van der Waals surface area contributed by atoms with Crippen LogP contribution in [0, 0.1) is 0 Å². The Bertz CT molecular complexity index is 1120. The Hall–Kier alpha value is -2.71. The maximum absolute atomic E-state index is 12.8. The number of likely N-dealkylation sites (N-methyl/N-ethyl adjacent to an activating group) is 1. The van der Waals surface area contributed by atoms with Crippen LogP contribution in [0.4, 0.5) is 0 Å². The molecule has 0 N–H and O–H groups in total. The lowest BCUT2D eigenvalue weighted by molar-refractivity contribution is -0.889. The van der Waals surface area contributed by atoms with Gasteiger partial charge in [-0.3, -0.25) is 9.59 Å². The van der Waals surface area contributed by atoms with Crippen LogP contribution in [0.15, 0.2) is 48.6 Å². The summed E-state index contributed by atoms with van der Waals surface area (Å²) in [6.45, 7) is 4.55. The molecular formula is C52H93NO7. The minimum absolute atomic E-state index is 0.0369. The zero-order chi connectivity index (χ0) is 44.2. The van der Waals surface area contributed by atoms with Gasteiger partial charge in [0.05, 0.1) is 40.3 Å². The molecule has 60 heavy (non-hydrogen) atoms. The summed E-state index contributed by atoms with van der Waals surface area (Å²) in [5.41, 5.74) is 0. The molecule has 8 heteroatoms. The van der Waals surface area contributed by atoms with Crippen molar-refractivity contribution in [3.63, 3.8) is 0 Å². The fourth-order valence-electron chi connectivity index (χ4n) is 7.14. The number of rotatable bonds is 44. The summed E-state index contributed by atoms with van der Waals surface area (Å²) in [5, 5.41) is 11.6. The fourth-order valence-corrected chi connectivity index (χ4v) is 7.14. The van der Waals surface area contributed by atoms with Gasteiger partial charge in [0.1, 0.15) is 12.6 Å². The SMILES string of the molecule is CC/C=C/C/C=C/C/C=C/CCCCCCCCCCCCC(=O)OC(COCCC(C(=O)[O-])[N+](C)(C)C)COC(=O)CCCCCCC/C=C/CCCCCCCCC. The van der Waals surface area contributed by atoms with Crippen LogP contribution in [0.5, 0.6) is 0 Å². The Kier molecular flexibility index (Phi) is 41.0. The fraction of sp³-hybridized carbons (Fsp3) is 0.788. The van der Waals surface area contributed by atoms with E-state index in [0.717, 1.165) is 70.6 Å². The number of quaternary nitrogens is 1. The summed E-state index contributed by atoms with van der Waals surface area (Å²) < 4.78 is 17.2.